The van der Waals surface area contributed by atoms with Crippen molar-refractivity contribution in [1.29, 1.82) is 0 Å². The van der Waals surface area contributed by atoms with Crippen LogP contribution in [0.15, 0.2) is 46.9 Å². The minimum absolute atomic E-state index is 0.216. The molecule has 3 N–H and O–H groups in total. The topological polar surface area (TPSA) is 107 Å². The summed E-state index contributed by atoms with van der Waals surface area (Å²) < 4.78 is 32.6. The maximum atomic E-state index is 12.3. The van der Waals surface area contributed by atoms with E-state index in [0.29, 0.717) is 22.9 Å². The van der Waals surface area contributed by atoms with E-state index in [9.17, 15) is 27.9 Å². The van der Waals surface area contributed by atoms with Gasteiger partial charge in [-0.15, -0.1) is 0 Å². The maximum absolute atomic E-state index is 12.3. The van der Waals surface area contributed by atoms with Gasteiger partial charge < -0.3 is 20.4 Å². The Morgan fingerprint density at radius 1 is 1.03 bits per heavy atom. The number of amides is 1. The van der Waals surface area contributed by atoms with Crippen molar-refractivity contribution in [1.82, 2.24) is 0 Å². The smallest absolute Gasteiger partial charge is 0.478 e. The third kappa shape index (κ3) is 7.77. The van der Waals surface area contributed by atoms with Crippen LogP contribution < -0.4 is 10.2 Å². The predicted octanol–water partition coefficient (Wildman–Crippen LogP) is 5.27. The standard InChI is InChI=1S/C20H21BrN2O3.C2HF3O2/c1-13-8-10-23(11-9-13)18-7-6-16(12-17(18)20(25)26)22-19(24)14-2-4-15(21)5-3-14;3-2(4,5)1(6)7/h2-7,12-13H,8-11H2,1H3,(H,22,24)(H,25,26);(H,6,7). The van der Waals surface area contributed by atoms with Crippen LogP contribution in [-0.4, -0.2) is 47.3 Å². The molecular formula is C22H22BrF3N2O5. The van der Waals surface area contributed by atoms with Gasteiger partial charge in [0.15, 0.2) is 0 Å². The minimum atomic E-state index is -5.08. The molecule has 0 atom stereocenters. The number of benzene rings is 2. The lowest BCUT2D eigenvalue weighted by Crippen LogP contribution is -2.33. The maximum Gasteiger partial charge on any atom is 0.490 e. The highest BCUT2D eigenvalue weighted by molar-refractivity contribution is 9.10. The van der Waals surface area contributed by atoms with Crippen LogP contribution in [0.3, 0.4) is 0 Å². The Labute approximate surface area is 196 Å². The number of aromatic carboxylic acids is 1. The molecule has 0 unspecified atom stereocenters. The zero-order chi connectivity index (χ0) is 24.8. The normalized spacial score (nSPS) is 14.2. The molecular weight excluding hydrogens is 509 g/mol. The summed E-state index contributed by atoms with van der Waals surface area (Å²) >= 11 is 3.33. The van der Waals surface area contributed by atoms with Crippen molar-refractivity contribution in [2.45, 2.75) is 25.9 Å². The fraction of sp³-hybridized carbons (Fsp3) is 0.318. The molecule has 178 valence electrons. The second kappa shape index (κ2) is 11.2. The molecule has 0 saturated carbocycles. The summed E-state index contributed by atoms with van der Waals surface area (Å²) in [5.74, 6) is -3.34. The number of piperidine rings is 1. The third-order valence-corrected chi connectivity index (χ3v) is 5.49. The van der Waals surface area contributed by atoms with E-state index in [0.717, 1.165) is 30.4 Å². The Hall–Kier alpha value is -3.08. The number of nitrogens with zero attached hydrogens (tertiary/aromatic N) is 1. The highest BCUT2D eigenvalue weighted by atomic mass is 79.9. The number of nitrogens with one attached hydrogen (secondary N) is 1. The number of carboxylic acids is 2. The van der Waals surface area contributed by atoms with Crippen LogP contribution in [0, 0.1) is 5.92 Å². The first-order valence-corrected chi connectivity index (χ1v) is 10.7. The third-order valence-electron chi connectivity index (χ3n) is 4.96. The Kier molecular flexibility index (Phi) is 8.86. The van der Waals surface area contributed by atoms with Gasteiger partial charge in [0.25, 0.3) is 5.91 Å². The van der Waals surface area contributed by atoms with E-state index in [1.807, 2.05) is 0 Å². The number of aliphatic carboxylic acids is 1. The van der Waals surface area contributed by atoms with Crippen molar-refractivity contribution in [2.24, 2.45) is 5.92 Å². The molecule has 0 spiro atoms. The van der Waals surface area contributed by atoms with Crippen molar-refractivity contribution < 1.29 is 37.8 Å². The summed E-state index contributed by atoms with van der Waals surface area (Å²) in [5.41, 5.74) is 1.92. The van der Waals surface area contributed by atoms with Crippen LogP contribution >= 0.6 is 15.9 Å². The molecule has 1 amide bonds. The molecule has 1 saturated heterocycles. The molecule has 0 bridgehead atoms. The van der Waals surface area contributed by atoms with Gasteiger partial charge in [0, 0.05) is 28.8 Å². The molecule has 3 rings (SSSR count). The average molecular weight is 531 g/mol. The number of hydrogen-bond acceptors (Lipinski definition) is 4. The number of carboxylic acid groups (broad SMARTS) is 2. The zero-order valence-electron chi connectivity index (χ0n) is 17.5. The van der Waals surface area contributed by atoms with Crippen molar-refractivity contribution >= 4 is 45.2 Å². The summed E-state index contributed by atoms with van der Waals surface area (Å²) in [7, 11) is 0. The fourth-order valence-corrected chi connectivity index (χ4v) is 3.38. The van der Waals surface area contributed by atoms with Crippen molar-refractivity contribution in [3.05, 3.63) is 58.1 Å². The lowest BCUT2D eigenvalue weighted by Gasteiger charge is -2.33. The molecule has 1 heterocycles. The van der Waals surface area contributed by atoms with Crippen LogP contribution in [-0.2, 0) is 4.79 Å². The number of halogens is 4. The van der Waals surface area contributed by atoms with Crippen LogP contribution in [0.2, 0.25) is 0 Å². The van der Waals surface area contributed by atoms with Gasteiger partial charge in [-0.1, -0.05) is 22.9 Å². The monoisotopic (exact) mass is 530 g/mol. The molecule has 0 radical (unpaired) electrons. The Morgan fingerprint density at radius 2 is 1.58 bits per heavy atom. The molecule has 11 heteroatoms. The summed E-state index contributed by atoms with van der Waals surface area (Å²) in [5, 5.41) is 19.5. The van der Waals surface area contributed by atoms with Gasteiger partial charge in [0.1, 0.15) is 0 Å². The first-order valence-electron chi connectivity index (χ1n) is 9.87. The largest absolute Gasteiger partial charge is 0.490 e. The molecule has 2 aromatic rings. The van der Waals surface area contributed by atoms with Gasteiger partial charge in [0.05, 0.1) is 11.3 Å². The predicted molar refractivity (Wildman–Crippen MR) is 120 cm³/mol. The van der Waals surface area contributed by atoms with Gasteiger partial charge in [-0.05, 0) is 61.2 Å². The van der Waals surface area contributed by atoms with Crippen LogP contribution in [0.25, 0.3) is 0 Å². The van der Waals surface area contributed by atoms with Crippen molar-refractivity contribution in [3.8, 4) is 0 Å². The summed E-state index contributed by atoms with van der Waals surface area (Å²) in [6.07, 6.45) is -2.97. The quantitative estimate of drug-likeness (QED) is 0.497. The van der Waals surface area contributed by atoms with Crippen LogP contribution in [0.5, 0.6) is 0 Å². The van der Waals surface area contributed by atoms with E-state index in [2.05, 4.69) is 33.1 Å². The van der Waals surface area contributed by atoms with E-state index in [-0.39, 0.29) is 11.5 Å². The number of rotatable bonds is 4. The van der Waals surface area contributed by atoms with Crippen molar-refractivity contribution in [3.63, 3.8) is 0 Å². The molecule has 0 aliphatic carbocycles. The molecule has 7 nitrogen and oxygen atoms in total. The first kappa shape index (κ1) is 26.2. The lowest BCUT2D eigenvalue weighted by molar-refractivity contribution is -0.192. The Balaban J connectivity index is 0.000000479. The Morgan fingerprint density at radius 3 is 2.06 bits per heavy atom. The Bertz CT molecular complexity index is 1000. The highest BCUT2D eigenvalue weighted by Gasteiger charge is 2.38. The first-order chi connectivity index (χ1) is 15.4. The SMILES string of the molecule is CC1CCN(c2ccc(NC(=O)c3ccc(Br)cc3)cc2C(=O)O)CC1.O=C(O)C(F)(F)F. The molecule has 33 heavy (non-hydrogen) atoms. The number of anilines is 2. The van der Waals surface area contributed by atoms with E-state index in [1.165, 1.54) is 6.07 Å². The van der Waals surface area contributed by atoms with E-state index in [1.54, 1.807) is 36.4 Å². The van der Waals surface area contributed by atoms with Gasteiger partial charge >= 0.3 is 18.1 Å². The summed E-state index contributed by atoms with van der Waals surface area (Å²) in [4.78, 5) is 35.1. The highest BCUT2D eigenvalue weighted by Crippen LogP contribution is 2.29. The molecule has 1 aliphatic heterocycles. The van der Waals surface area contributed by atoms with Gasteiger partial charge in [-0.25, -0.2) is 9.59 Å². The number of carbonyl (C=O) groups excluding carboxylic acids is 1. The minimum Gasteiger partial charge on any atom is -0.478 e. The van der Waals surface area contributed by atoms with Crippen LogP contribution in [0.4, 0.5) is 24.5 Å². The number of alkyl halides is 3. The van der Waals surface area contributed by atoms with Crippen molar-refractivity contribution in [2.75, 3.05) is 23.3 Å². The number of hydrogen-bond donors (Lipinski definition) is 3. The summed E-state index contributed by atoms with van der Waals surface area (Å²) in [6, 6.07) is 12.1. The molecule has 1 fully saturated rings. The van der Waals surface area contributed by atoms with Gasteiger partial charge in [-0.3, -0.25) is 4.79 Å². The van der Waals surface area contributed by atoms with Crippen LogP contribution in [0.1, 0.15) is 40.5 Å². The molecule has 0 aromatic heterocycles. The lowest BCUT2D eigenvalue weighted by atomic mass is 9.98. The molecule has 2 aromatic carbocycles. The average Bonchev–Trinajstić information content (AvgIpc) is 2.74. The zero-order valence-corrected chi connectivity index (χ0v) is 19.1. The van der Waals surface area contributed by atoms with E-state index in [4.69, 9.17) is 9.90 Å². The van der Waals surface area contributed by atoms with Gasteiger partial charge in [0.2, 0.25) is 0 Å². The summed E-state index contributed by atoms with van der Waals surface area (Å²) in [6.45, 7) is 3.92. The second-order valence-corrected chi connectivity index (χ2v) is 8.39. The van der Waals surface area contributed by atoms with E-state index >= 15 is 0 Å². The second-order valence-electron chi connectivity index (χ2n) is 7.47. The molecule has 1 aliphatic rings. The van der Waals surface area contributed by atoms with Gasteiger partial charge in [-0.2, -0.15) is 13.2 Å². The fourth-order valence-electron chi connectivity index (χ4n) is 3.11. The van der Waals surface area contributed by atoms with E-state index < -0.39 is 18.1 Å². The number of carbonyl (C=O) groups is 3.